The van der Waals surface area contributed by atoms with E-state index in [1.54, 1.807) is 36.4 Å². The van der Waals surface area contributed by atoms with E-state index < -0.39 is 33.9 Å². The second-order valence-corrected chi connectivity index (χ2v) is 14.7. The van der Waals surface area contributed by atoms with Gasteiger partial charge in [-0.2, -0.15) is 18.3 Å². The van der Waals surface area contributed by atoms with Crippen molar-refractivity contribution in [2.75, 3.05) is 0 Å². The normalized spacial score (nSPS) is 12.6. The van der Waals surface area contributed by atoms with E-state index in [9.17, 15) is 21.8 Å². The standard InChI is InChI=1S/C32H25ClF2N5O5PS/c33-30-16-22(10-15-29(30)32(34,35)46(41,42)43)20-40(47(44,45)28-14-13-23-4-1-2-5-26(23)18-28)19-21-8-11-24(12-9-21)25-6-3-7-27(17-25)31-36-38-39-37-31/h1-18H,19-20H2,(H2,41,42,43)(H,36,37,38,39). The Balaban J connectivity index is 1.33. The third kappa shape index (κ3) is 6.72. The Morgan fingerprint density at radius 3 is 2.15 bits per heavy atom. The molecule has 240 valence electrons. The van der Waals surface area contributed by atoms with Crippen LogP contribution < -0.4 is 0 Å². The van der Waals surface area contributed by atoms with Gasteiger partial charge in [0.05, 0.1) is 15.5 Å². The third-order valence-corrected chi connectivity index (χ3v) is 10.6. The van der Waals surface area contributed by atoms with Crippen LogP contribution in [0, 0.1) is 0 Å². The zero-order chi connectivity index (χ0) is 33.4. The smallest absolute Gasteiger partial charge is 0.320 e. The molecule has 5 aromatic carbocycles. The molecule has 0 aliphatic carbocycles. The van der Waals surface area contributed by atoms with Crippen molar-refractivity contribution in [1.82, 2.24) is 24.9 Å². The molecule has 3 N–H and O–H groups in total. The van der Waals surface area contributed by atoms with Crippen molar-refractivity contribution in [3.8, 4) is 22.5 Å². The number of rotatable bonds is 10. The van der Waals surface area contributed by atoms with Crippen molar-refractivity contribution in [2.24, 2.45) is 0 Å². The molecule has 0 fully saturated rings. The molecule has 1 aromatic heterocycles. The lowest BCUT2D eigenvalue weighted by Gasteiger charge is -2.24. The van der Waals surface area contributed by atoms with E-state index in [0.717, 1.165) is 34.2 Å². The number of sulfonamides is 1. The van der Waals surface area contributed by atoms with Crippen molar-refractivity contribution in [3.05, 3.63) is 131 Å². The van der Waals surface area contributed by atoms with Gasteiger partial charge in [-0.05, 0) is 62.5 Å². The summed E-state index contributed by atoms with van der Waals surface area (Å²) in [6.45, 7) is -0.360. The van der Waals surface area contributed by atoms with Crippen LogP contribution in [0.25, 0.3) is 33.3 Å². The molecule has 6 aromatic rings. The van der Waals surface area contributed by atoms with Crippen molar-refractivity contribution in [2.45, 2.75) is 23.6 Å². The SMILES string of the molecule is O=P(O)(O)C(F)(F)c1ccc(CN(Cc2ccc(-c3cccc(-c4nn[nH]n4)c3)cc2)S(=O)(=O)c2ccc3ccccc3c2)cc1Cl. The van der Waals surface area contributed by atoms with Crippen LogP contribution in [-0.2, 0) is 33.3 Å². The number of nitrogens with zero attached hydrogens (tertiary/aromatic N) is 4. The van der Waals surface area contributed by atoms with Gasteiger partial charge in [-0.15, -0.1) is 10.2 Å². The Bertz CT molecular complexity index is 2230. The van der Waals surface area contributed by atoms with Gasteiger partial charge < -0.3 is 9.79 Å². The maximum absolute atomic E-state index is 14.4. The van der Waals surface area contributed by atoms with Crippen LogP contribution in [0.15, 0.2) is 114 Å². The summed E-state index contributed by atoms with van der Waals surface area (Å²) in [5.74, 6) is 0.441. The number of alkyl halides is 2. The maximum Gasteiger partial charge on any atom is 0.399 e. The molecule has 0 aliphatic heterocycles. The number of fused-ring (bicyclic) bond motifs is 1. The lowest BCUT2D eigenvalue weighted by Crippen LogP contribution is -2.30. The predicted octanol–water partition coefficient (Wildman–Crippen LogP) is 6.96. The molecule has 0 spiro atoms. The van der Waals surface area contributed by atoms with Gasteiger partial charge in [0, 0.05) is 18.7 Å². The first kappa shape index (κ1) is 32.6. The minimum Gasteiger partial charge on any atom is -0.320 e. The number of halogens is 3. The molecule has 15 heteroatoms. The van der Waals surface area contributed by atoms with Gasteiger partial charge in [0.15, 0.2) is 0 Å². The number of aromatic amines is 1. The Morgan fingerprint density at radius 2 is 1.47 bits per heavy atom. The van der Waals surface area contributed by atoms with Crippen LogP contribution >= 0.6 is 19.2 Å². The first-order valence-electron chi connectivity index (χ1n) is 14.0. The number of benzene rings is 5. The monoisotopic (exact) mass is 695 g/mol. The lowest BCUT2D eigenvalue weighted by atomic mass is 10.0. The molecule has 0 saturated heterocycles. The second kappa shape index (κ2) is 12.7. The highest BCUT2D eigenvalue weighted by Gasteiger charge is 2.51. The van der Waals surface area contributed by atoms with Gasteiger partial charge >= 0.3 is 13.3 Å². The second-order valence-electron chi connectivity index (χ2n) is 10.7. The minimum atomic E-state index is -5.87. The van der Waals surface area contributed by atoms with E-state index in [0.29, 0.717) is 16.8 Å². The maximum atomic E-state index is 14.4. The van der Waals surface area contributed by atoms with Crippen molar-refractivity contribution in [1.29, 1.82) is 0 Å². The highest BCUT2D eigenvalue weighted by molar-refractivity contribution is 7.89. The topological polar surface area (TPSA) is 149 Å². The fourth-order valence-electron chi connectivity index (χ4n) is 5.09. The van der Waals surface area contributed by atoms with Crippen LogP contribution in [0.1, 0.15) is 16.7 Å². The average molecular weight is 696 g/mol. The summed E-state index contributed by atoms with van der Waals surface area (Å²) < 4.78 is 69.7. The summed E-state index contributed by atoms with van der Waals surface area (Å²) in [4.78, 5) is 18.4. The van der Waals surface area contributed by atoms with Crippen LogP contribution in [0.5, 0.6) is 0 Å². The molecule has 0 amide bonds. The first-order chi connectivity index (χ1) is 22.3. The molecule has 0 unspecified atom stereocenters. The molecular formula is C32H25ClF2N5O5PS. The Labute approximate surface area is 272 Å². The van der Waals surface area contributed by atoms with Gasteiger partial charge in [-0.1, -0.05) is 96.5 Å². The fraction of sp³-hybridized carbons (Fsp3) is 0.0938. The van der Waals surface area contributed by atoms with Gasteiger partial charge in [0.2, 0.25) is 15.8 Å². The third-order valence-electron chi connectivity index (χ3n) is 7.55. The molecule has 47 heavy (non-hydrogen) atoms. The van der Waals surface area contributed by atoms with Crippen molar-refractivity contribution in [3.63, 3.8) is 0 Å². The van der Waals surface area contributed by atoms with Crippen LogP contribution in [-0.4, -0.2) is 43.1 Å². The molecule has 10 nitrogen and oxygen atoms in total. The van der Waals surface area contributed by atoms with Crippen molar-refractivity contribution >= 4 is 40.0 Å². The van der Waals surface area contributed by atoms with Gasteiger partial charge in [0.25, 0.3) is 0 Å². The van der Waals surface area contributed by atoms with E-state index in [-0.39, 0.29) is 23.5 Å². The number of aromatic nitrogens is 4. The molecule has 0 atom stereocenters. The largest absolute Gasteiger partial charge is 0.399 e. The summed E-state index contributed by atoms with van der Waals surface area (Å²) in [5, 5.41) is 15.0. The van der Waals surface area contributed by atoms with Crippen LogP contribution in [0.3, 0.4) is 0 Å². The van der Waals surface area contributed by atoms with E-state index in [1.165, 1.54) is 16.4 Å². The highest BCUT2D eigenvalue weighted by atomic mass is 35.5. The number of nitrogens with one attached hydrogen (secondary N) is 1. The molecule has 1 heterocycles. The number of hydrogen-bond acceptors (Lipinski definition) is 6. The Hall–Kier alpha value is -4.36. The summed E-state index contributed by atoms with van der Waals surface area (Å²) in [6.07, 6.45) is 0. The van der Waals surface area contributed by atoms with Crippen LogP contribution in [0.4, 0.5) is 8.78 Å². The van der Waals surface area contributed by atoms with E-state index in [2.05, 4.69) is 20.6 Å². The van der Waals surface area contributed by atoms with E-state index in [4.69, 9.17) is 21.4 Å². The quantitative estimate of drug-likeness (QED) is 0.130. The van der Waals surface area contributed by atoms with Crippen molar-refractivity contribution < 1.29 is 31.6 Å². The molecule has 0 bridgehead atoms. The molecule has 0 radical (unpaired) electrons. The first-order valence-corrected chi connectivity index (χ1v) is 17.4. The summed E-state index contributed by atoms with van der Waals surface area (Å²) in [5.41, 5.74) is -2.21. The predicted molar refractivity (Wildman–Crippen MR) is 173 cm³/mol. The fourth-order valence-corrected chi connectivity index (χ4v) is 7.44. The molecular weight excluding hydrogens is 671 g/mol. The summed E-state index contributed by atoms with van der Waals surface area (Å²) in [6, 6.07) is 29.9. The summed E-state index contributed by atoms with van der Waals surface area (Å²) >= 11 is 6.08. The average Bonchev–Trinajstić information content (AvgIpc) is 3.59. The van der Waals surface area contributed by atoms with E-state index >= 15 is 0 Å². The zero-order valence-electron chi connectivity index (χ0n) is 24.2. The minimum absolute atomic E-state index is 0.0295. The summed E-state index contributed by atoms with van der Waals surface area (Å²) in [7, 11) is -10.0. The van der Waals surface area contributed by atoms with Gasteiger partial charge in [0.1, 0.15) is 0 Å². The molecule has 6 rings (SSSR count). The van der Waals surface area contributed by atoms with Crippen LogP contribution in [0.2, 0.25) is 5.02 Å². The lowest BCUT2D eigenvalue weighted by molar-refractivity contribution is 0.0565. The number of H-pyrrole nitrogens is 1. The Kier molecular flexibility index (Phi) is 8.79. The Morgan fingerprint density at radius 1 is 0.787 bits per heavy atom. The highest BCUT2D eigenvalue weighted by Crippen LogP contribution is 2.60. The van der Waals surface area contributed by atoms with Gasteiger partial charge in [-0.3, -0.25) is 4.57 Å². The number of hydrogen-bond donors (Lipinski definition) is 3. The van der Waals surface area contributed by atoms with Gasteiger partial charge in [-0.25, -0.2) is 8.42 Å². The molecule has 0 saturated carbocycles. The zero-order valence-corrected chi connectivity index (χ0v) is 26.7. The number of tetrazole rings is 1. The van der Waals surface area contributed by atoms with E-state index in [1.807, 2.05) is 48.5 Å². The molecule has 0 aliphatic rings.